The first-order valence-electron chi connectivity index (χ1n) is 7.27. The molecule has 0 aliphatic carbocycles. The van der Waals surface area contributed by atoms with E-state index >= 15 is 0 Å². The van der Waals surface area contributed by atoms with Crippen LogP contribution in [0.1, 0.15) is 39.0 Å². The summed E-state index contributed by atoms with van der Waals surface area (Å²) in [6.45, 7) is 4.52. The van der Waals surface area contributed by atoms with E-state index < -0.39 is 10.0 Å². The Hall–Kier alpha value is -0.170. The van der Waals surface area contributed by atoms with Gasteiger partial charge in [0.1, 0.15) is 0 Å². The fourth-order valence-electron chi connectivity index (χ4n) is 2.53. The Labute approximate surface area is 117 Å². The molecule has 0 radical (unpaired) electrons. The molecule has 5 nitrogen and oxygen atoms in total. The lowest BCUT2D eigenvalue weighted by molar-refractivity contribution is 0.171. The summed E-state index contributed by atoms with van der Waals surface area (Å²) in [7, 11) is -1.57. The average Bonchev–Trinajstić information content (AvgIpc) is 2.38. The molecule has 1 fully saturated rings. The molecule has 0 saturated carbocycles. The molecule has 0 aromatic carbocycles. The van der Waals surface area contributed by atoms with Crippen LogP contribution in [0.15, 0.2) is 0 Å². The first-order valence-corrected chi connectivity index (χ1v) is 8.92. The van der Waals surface area contributed by atoms with E-state index in [2.05, 4.69) is 10.0 Å². The molecule has 114 valence electrons. The number of hydrogen-bond acceptors (Lipinski definition) is 4. The quantitative estimate of drug-likeness (QED) is 0.668. The van der Waals surface area contributed by atoms with Gasteiger partial charge in [0, 0.05) is 13.2 Å². The van der Waals surface area contributed by atoms with Crippen LogP contribution in [-0.2, 0) is 14.8 Å². The van der Waals surface area contributed by atoms with Crippen molar-refractivity contribution in [3.8, 4) is 0 Å². The van der Waals surface area contributed by atoms with Gasteiger partial charge in [0.15, 0.2) is 0 Å². The van der Waals surface area contributed by atoms with Gasteiger partial charge < -0.3 is 10.1 Å². The Morgan fingerprint density at radius 3 is 2.63 bits per heavy atom. The lowest BCUT2D eigenvalue weighted by Gasteiger charge is -2.23. The smallest absolute Gasteiger partial charge is 0.211 e. The zero-order valence-electron chi connectivity index (χ0n) is 12.2. The van der Waals surface area contributed by atoms with E-state index in [1.165, 1.54) is 0 Å². The molecular weight excluding hydrogens is 264 g/mol. The lowest BCUT2D eigenvalue weighted by atomic mass is 9.96. The van der Waals surface area contributed by atoms with Crippen molar-refractivity contribution in [1.82, 2.24) is 10.0 Å². The van der Waals surface area contributed by atoms with Gasteiger partial charge in [-0.1, -0.05) is 13.3 Å². The second kappa shape index (κ2) is 8.89. The van der Waals surface area contributed by atoms with Gasteiger partial charge in [-0.3, -0.25) is 0 Å². The molecule has 1 atom stereocenters. The van der Waals surface area contributed by atoms with Crippen LogP contribution in [-0.4, -0.2) is 47.0 Å². The molecule has 19 heavy (non-hydrogen) atoms. The maximum Gasteiger partial charge on any atom is 0.211 e. The van der Waals surface area contributed by atoms with Crippen LogP contribution in [0.5, 0.6) is 0 Å². The third-order valence-electron chi connectivity index (χ3n) is 3.60. The van der Waals surface area contributed by atoms with Crippen LogP contribution in [0.3, 0.4) is 0 Å². The Bertz CT molecular complexity index is 321. The molecule has 0 bridgehead atoms. The zero-order chi connectivity index (χ0) is 14.1. The van der Waals surface area contributed by atoms with E-state index in [1.807, 2.05) is 6.92 Å². The Balaban J connectivity index is 2.36. The summed E-state index contributed by atoms with van der Waals surface area (Å²) in [6.07, 6.45) is 4.71. The third-order valence-corrected chi connectivity index (χ3v) is 5.07. The van der Waals surface area contributed by atoms with Crippen molar-refractivity contribution in [2.24, 2.45) is 5.92 Å². The Morgan fingerprint density at radius 2 is 2.05 bits per heavy atom. The van der Waals surface area contributed by atoms with Gasteiger partial charge in [-0.15, -0.1) is 0 Å². The van der Waals surface area contributed by atoms with Gasteiger partial charge in [0.25, 0.3) is 0 Å². The standard InChI is InChI=1S/C13H28N2O3S/c1-3-4-13(11-18-2)15-19(16,17)10-7-12-5-8-14-9-6-12/h12-15H,3-11H2,1-2H3. The maximum atomic E-state index is 12.1. The van der Waals surface area contributed by atoms with Crippen molar-refractivity contribution in [3.05, 3.63) is 0 Å². The zero-order valence-corrected chi connectivity index (χ0v) is 13.0. The van der Waals surface area contributed by atoms with E-state index in [0.29, 0.717) is 12.5 Å². The molecule has 1 heterocycles. The fraction of sp³-hybridized carbons (Fsp3) is 1.00. The molecule has 6 heteroatoms. The summed E-state index contributed by atoms with van der Waals surface area (Å²) in [6, 6.07) is -0.0898. The number of sulfonamides is 1. The minimum atomic E-state index is -3.17. The summed E-state index contributed by atoms with van der Waals surface area (Å²) in [5.41, 5.74) is 0. The lowest BCUT2D eigenvalue weighted by Crippen LogP contribution is -2.40. The van der Waals surface area contributed by atoms with Gasteiger partial charge >= 0.3 is 0 Å². The Morgan fingerprint density at radius 1 is 1.37 bits per heavy atom. The number of rotatable bonds is 9. The molecule has 0 amide bonds. The van der Waals surface area contributed by atoms with E-state index in [9.17, 15) is 8.42 Å². The van der Waals surface area contributed by atoms with Crippen LogP contribution in [0.25, 0.3) is 0 Å². The van der Waals surface area contributed by atoms with Crippen molar-refractivity contribution in [1.29, 1.82) is 0 Å². The van der Waals surface area contributed by atoms with Gasteiger partial charge in [-0.2, -0.15) is 0 Å². The molecule has 1 aliphatic rings. The van der Waals surface area contributed by atoms with Gasteiger partial charge in [-0.25, -0.2) is 13.1 Å². The third kappa shape index (κ3) is 7.25. The van der Waals surface area contributed by atoms with Crippen molar-refractivity contribution >= 4 is 10.0 Å². The van der Waals surface area contributed by atoms with E-state index in [4.69, 9.17) is 4.74 Å². The first kappa shape index (κ1) is 16.9. The first-order chi connectivity index (χ1) is 9.07. The summed E-state index contributed by atoms with van der Waals surface area (Å²) >= 11 is 0. The molecule has 1 aliphatic heterocycles. The monoisotopic (exact) mass is 292 g/mol. The molecule has 0 spiro atoms. The SMILES string of the molecule is CCCC(COC)NS(=O)(=O)CCC1CCNCC1. The fourth-order valence-corrected chi connectivity index (χ4v) is 3.99. The predicted molar refractivity (Wildman–Crippen MR) is 77.7 cm³/mol. The summed E-state index contributed by atoms with van der Waals surface area (Å²) < 4.78 is 31.9. The number of ether oxygens (including phenoxy) is 1. The number of nitrogens with one attached hydrogen (secondary N) is 2. The number of piperidine rings is 1. The van der Waals surface area contributed by atoms with Gasteiger partial charge in [0.2, 0.25) is 10.0 Å². The average molecular weight is 292 g/mol. The van der Waals surface area contributed by atoms with Crippen LogP contribution in [0.4, 0.5) is 0 Å². The summed E-state index contributed by atoms with van der Waals surface area (Å²) in [5, 5.41) is 3.30. The second-order valence-electron chi connectivity index (χ2n) is 5.36. The minimum Gasteiger partial charge on any atom is -0.383 e. The molecular formula is C13H28N2O3S. The van der Waals surface area contributed by atoms with Crippen LogP contribution in [0, 0.1) is 5.92 Å². The molecule has 2 N–H and O–H groups in total. The van der Waals surface area contributed by atoms with Gasteiger partial charge in [-0.05, 0) is 44.7 Å². The molecule has 1 saturated heterocycles. The highest BCUT2D eigenvalue weighted by molar-refractivity contribution is 7.89. The highest BCUT2D eigenvalue weighted by atomic mass is 32.2. The maximum absolute atomic E-state index is 12.1. The minimum absolute atomic E-state index is 0.0898. The molecule has 0 aromatic rings. The summed E-state index contributed by atoms with van der Waals surface area (Å²) in [4.78, 5) is 0. The number of hydrogen-bond donors (Lipinski definition) is 2. The van der Waals surface area contributed by atoms with E-state index in [-0.39, 0.29) is 11.8 Å². The number of methoxy groups -OCH3 is 1. The van der Waals surface area contributed by atoms with Crippen LogP contribution in [0.2, 0.25) is 0 Å². The van der Waals surface area contributed by atoms with Crippen molar-refractivity contribution in [3.63, 3.8) is 0 Å². The highest BCUT2D eigenvalue weighted by Gasteiger charge is 2.20. The Kier molecular flexibility index (Phi) is 7.90. The normalized spacial score (nSPS) is 19.5. The van der Waals surface area contributed by atoms with E-state index in [1.54, 1.807) is 7.11 Å². The van der Waals surface area contributed by atoms with Crippen molar-refractivity contribution in [2.45, 2.75) is 45.1 Å². The largest absolute Gasteiger partial charge is 0.383 e. The van der Waals surface area contributed by atoms with Gasteiger partial charge in [0.05, 0.1) is 12.4 Å². The van der Waals surface area contributed by atoms with E-state index in [0.717, 1.165) is 45.2 Å². The highest BCUT2D eigenvalue weighted by Crippen LogP contribution is 2.16. The topological polar surface area (TPSA) is 67.4 Å². The molecule has 1 rings (SSSR count). The van der Waals surface area contributed by atoms with Crippen LogP contribution < -0.4 is 10.0 Å². The van der Waals surface area contributed by atoms with Crippen molar-refractivity contribution in [2.75, 3.05) is 32.6 Å². The molecule has 0 aromatic heterocycles. The second-order valence-corrected chi connectivity index (χ2v) is 7.23. The van der Waals surface area contributed by atoms with Crippen molar-refractivity contribution < 1.29 is 13.2 Å². The molecule has 1 unspecified atom stereocenters. The summed E-state index contributed by atoms with van der Waals surface area (Å²) in [5.74, 6) is 0.784. The van der Waals surface area contributed by atoms with Crippen LogP contribution >= 0.6 is 0 Å². The predicted octanol–water partition coefficient (Wildman–Crippen LogP) is 1.11.